The minimum absolute atomic E-state index is 0.155. The van der Waals surface area contributed by atoms with Crippen LogP contribution >= 0.6 is 22.6 Å². The van der Waals surface area contributed by atoms with Crippen LogP contribution in [0.25, 0.3) is 0 Å². The second-order valence-corrected chi connectivity index (χ2v) is 7.21. The van der Waals surface area contributed by atoms with Crippen LogP contribution in [0.5, 0.6) is 0 Å². The topological polar surface area (TPSA) is 74.7 Å². The number of carbonyl (C=O) groups is 1. The lowest BCUT2D eigenvalue weighted by Crippen LogP contribution is -2.40. The molecule has 1 aliphatic heterocycles. The lowest BCUT2D eigenvalue weighted by Gasteiger charge is -2.20. The molecule has 18 heavy (non-hydrogen) atoms. The van der Waals surface area contributed by atoms with Crippen molar-refractivity contribution in [1.82, 2.24) is 4.31 Å². The largest absolute Gasteiger partial charge is 0.480 e. The summed E-state index contributed by atoms with van der Waals surface area (Å²) in [5.41, 5.74) is 0. The zero-order valence-electron chi connectivity index (χ0n) is 9.41. The zero-order valence-corrected chi connectivity index (χ0v) is 12.4. The number of aliphatic carboxylic acids is 1. The lowest BCUT2D eigenvalue weighted by molar-refractivity contribution is -0.140. The average molecular weight is 381 g/mol. The average Bonchev–Trinajstić information content (AvgIpc) is 2.78. The number of nitrogens with zero attached hydrogens (tertiary/aromatic N) is 1. The van der Waals surface area contributed by atoms with Gasteiger partial charge in [-0.15, -0.1) is 0 Å². The normalized spacial score (nSPS) is 21.1. The minimum Gasteiger partial charge on any atom is -0.480 e. The van der Waals surface area contributed by atoms with Crippen molar-refractivity contribution in [3.05, 3.63) is 27.8 Å². The summed E-state index contributed by atoms with van der Waals surface area (Å²) in [6.07, 6.45) is 0.957. The van der Waals surface area contributed by atoms with Gasteiger partial charge < -0.3 is 5.11 Å². The first-order valence-corrected chi connectivity index (χ1v) is 7.95. The molecule has 0 amide bonds. The Kier molecular flexibility index (Phi) is 3.93. The summed E-state index contributed by atoms with van der Waals surface area (Å²) in [5.74, 6) is -1.08. The van der Waals surface area contributed by atoms with E-state index in [2.05, 4.69) is 0 Å². The Bertz CT molecular complexity index is 572. The number of carboxylic acid groups (broad SMARTS) is 1. The van der Waals surface area contributed by atoms with E-state index in [-0.39, 0.29) is 11.4 Å². The van der Waals surface area contributed by atoms with Crippen LogP contribution in [0.4, 0.5) is 0 Å². The van der Waals surface area contributed by atoms with E-state index in [1.165, 1.54) is 6.07 Å². The molecule has 98 valence electrons. The minimum atomic E-state index is -3.71. The molecule has 2 rings (SSSR count). The molecule has 0 radical (unpaired) electrons. The van der Waals surface area contributed by atoms with Gasteiger partial charge in [0.15, 0.2) is 0 Å². The number of sulfonamides is 1. The molecule has 0 spiro atoms. The molecule has 7 heteroatoms. The summed E-state index contributed by atoms with van der Waals surface area (Å²) >= 11 is 2.03. The van der Waals surface area contributed by atoms with Gasteiger partial charge in [-0.05, 0) is 53.6 Å². The van der Waals surface area contributed by atoms with Gasteiger partial charge >= 0.3 is 5.97 Å². The van der Waals surface area contributed by atoms with Gasteiger partial charge in [0.1, 0.15) is 6.04 Å². The quantitative estimate of drug-likeness (QED) is 0.806. The summed E-state index contributed by atoms with van der Waals surface area (Å²) < 4.78 is 26.6. The van der Waals surface area contributed by atoms with Crippen LogP contribution < -0.4 is 0 Å². The zero-order chi connectivity index (χ0) is 13.3. The molecule has 0 unspecified atom stereocenters. The highest BCUT2D eigenvalue weighted by molar-refractivity contribution is 14.1. The molecule has 1 aliphatic rings. The van der Waals surface area contributed by atoms with Gasteiger partial charge in [-0.2, -0.15) is 4.31 Å². The molecule has 1 N–H and O–H groups in total. The number of hydrogen-bond acceptors (Lipinski definition) is 3. The van der Waals surface area contributed by atoms with Crippen LogP contribution in [-0.4, -0.2) is 36.4 Å². The van der Waals surface area contributed by atoms with E-state index < -0.39 is 22.0 Å². The lowest BCUT2D eigenvalue weighted by atomic mass is 10.2. The van der Waals surface area contributed by atoms with E-state index in [1.54, 1.807) is 18.2 Å². The Morgan fingerprint density at radius 3 is 2.78 bits per heavy atom. The Balaban J connectivity index is 2.40. The van der Waals surface area contributed by atoms with Crippen LogP contribution in [0, 0.1) is 3.57 Å². The molecular formula is C11H12INO4S. The maximum Gasteiger partial charge on any atom is 0.322 e. The first-order valence-electron chi connectivity index (χ1n) is 5.43. The van der Waals surface area contributed by atoms with Crippen molar-refractivity contribution in [2.45, 2.75) is 23.8 Å². The van der Waals surface area contributed by atoms with Crippen LogP contribution in [0.15, 0.2) is 29.2 Å². The van der Waals surface area contributed by atoms with E-state index in [0.29, 0.717) is 12.8 Å². The Labute approximate surface area is 119 Å². The molecule has 5 nitrogen and oxygen atoms in total. The summed E-state index contributed by atoms with van der Waals surface area (Å²) in [7, 11) is -3.71. The molecule has 0 aromatic heterocycles. The Morgan fingerprint density at radius 2 is 2.17 bits per heavy atom. The molecular weight excluding hydrogens is 369 g/mol. The number of hydrogen-bond donors (Lipinski definition) is 1. The third kappa shape index (κ3) is 2.52. The highest BCUT2D eigenvalue weighted by Gasteiger charge is 2.39. The van der Waals surface area contributed by atoms with Gasteiger partial charge in [0, 0.05) is 10.1 Å². The van der Waals surface area contributed by atoms with Crippen molar-refractivity contribution in [3.8, 4) is 0 Å². The fraction of sp³-hybridized carbons (Fsp3) is 0.364. The van der Waals surface area contributed by atoms with Crippen molar-refractivity contribution >= 4 is 38.6 Å². The number of carboxylic acids is 1. The van der Waals surface area contributed by atoms with Gasteiger partial charge in [0.25, 0.3) is 0 Å². The summed E-state index contributed by atoms with van der Waals surface area (Å²) in [4.78, 5) is 11.2. The highest BCUT2D eigenvalue weighted by atomic mass is 127. The van der Waals surface area contributed by atoms with Crippen molar-refractivity contribution in [2.24, 2.45) is 0 Å². The monoisotopic (exact) mass is 381 g/mol. The second kappa shape index (κ2) is 5.14. The van der Waals surface area contributed by atoms with Crippen molar-refractivity contribution in [2.75, 3.05) is 6.54 Å². The fourth-order valence-corrected chi connectivity index (χ4v) is 4.49. The van der Waals surface area contributed by atoms with Gasteiger partial charge in [0.2, 0.25) is 10.0 Å². The van der Waals surface area contributed by atoms with Gasteiger partial charge in [-0.3, -0.25) is 4.79 Å². The number of benzene rings is 1. The molecule has 1 fully saturated rings. The molecule has 0 aliphatic carbocycles. The molecule has 1 aromatic carbocycles. The predicted molar refractivity (Wildman–Crippen MR) is 73.7 cm³/mol. The van der Waals surface area contributed by atoms with Gasteiger partial charge in [-0.1, -0.05) is 6.07 Å². The maximum absolute atomic E-state index is 12.4. The maximum atomic E-state index is 12.4. The summed E-state index contributed by atoms with van der Waals surface area (Å²) in [6, 6.07) is 5.55. The van der Waals surface area contributed by atoms with E-state index >= 15 is 0 Å². The summed E-state index contributed by atoms with van der Waals surface area (Å²) in [5, 5.41) is 9.04. The smallest absolute Gasteiger partial charge is 0.322 e. The van der Waals surface area contributed by atoms with Gasteiger partial charge in [-0.25, -0.2) is 8.42 Å². The van der Waals surface area contributed by atoms with E-state index in [4.69, 9.17) is 5.11 Å². The molecule has 1 atom stereocenters. The van der Waals surface area contributed by atoms with Crippen molar-refractivity contribution in [1.29, 1.82) is 0 Å². The molecule has 1 saturated heterocycles. The molecule has 1 aromatic rings. The second-order valence-electron chi connectivity index (χ2n) is 4.07. The van der Waals surface area contributed by atoms with E-state index in [1.807, 2.05) is 22.6 Å². The molecule has 0 saturated carbocycles. The SMILES string of the molecule is O=C(O)[C@H]1CCCN1S(=O)(=O)c1cccc(I)c1. The Hall–Kier alpha value is -0.670. The van der Waals surface area contributed by atoms with Crippen LogP contribution in [0.2, 0.25) is 0 Å². The third-order valence-electron chi connectivity index (χ3n) is 2.89. The van der Waals surface area contributed by atoms with Gasteiger partial charge in [0.05, 0.1) is 4.90 Å². The van der Waals surface area contributed by atoms with Crippen LogP contribution in [0.1, 0.15) is 12.8 Å². The fourth-order valence-electron chi connectivity index (χ4n) is 2.04. The van der Waals surface area contributed by atoms with E-state index in [0.717, 1.165) is 7.88 Å². The predicted octanol–water partition coefficient (Wildman–Crippen LogP) is 1.53. The van der Waals surface area contributed by atoms with Crippen LogP contribution in [0.3, 0.4) is 0 Å². The first kappa shape index (κ1) is 13.8. The standard InChI is InChI=1S/C11H12INO4S/c12-8-3-1-4-9(7-8)18(16,17)13-6-2-5-10(13)11(14)15/h1,3-4,7,10H,2,5-6H2,(H,14,15)/t10-/m1/s1. The number of halogens is 1. The number of rotatable bonds is 3. The van der Waals surface area contributed by atoms with Crippen molar-refractivity contribution < 1.29 is 18.3 Å². The third-order valence-corrected chi connectivity index (χ3v) is 5.47. The van der Waals surface area contributed by atoms with Crippen LogP contribution in [-0.2, 0) is 14.8 Å². The van der Waals surface area contributed by atoms with E-state index in [9.17, 15) is 13.2 Å². The summed E-state index contributed by atoms with van der Waals surface area (Å²) in [6.45, 7) is 0.269. The first-order chi connectivity index (χ1) is 8.43. The molecule has 1 heterocycles. The Morgan fingerprint density at radius 1 is 1.44 bits per heavy atom. The highest BCUT2D eigenvalue weighted by Crippen LogP contribution is 2.26. The van der Waals surface area contributed by atoms with Crippen molar-refractivity contribution in [3.63, 3.8) is 0 Å². The molecule has 0 bridgehead atoms.